The van der Waals surface area contributed by atoms with Gasteiger partial charge in [-0.15, -0.1) is 0 Å². The normalized spacial score (nSPS) is 12.1. The van der Waals surface area contributed by atoms with E-state index in [1.807, 2.05) is 0 Å². The Morgan fingerprint density at radius 1 is 0.264 bits per heavy atom. The number of rotatable bonds is 60. The van der Waals surface area contributed by atoms with E-state index in [2.05, 4.69) is 45.1 Å². The highest BCUT2D eigenvalue weighted by Gasteiger charge is 2.19. The Morgan fingerprint density at radius 2 is 0.486 bits per heavy atom. The zero-order valence-corrected chi connectivity index (χ0v) is 48.7. The Balaban J connectivity index is 4.05. The highest BCUT2D eigenvalue weighted by atomic mass is 16.6. The van der Waals surface area contributed by atoms with E-state index in [4.69, 9.17) is 14.2 Å². The van der Waals surface area contributed by atoms with Crippen LogP contribution < -0.4 is 0 Å². The van der Waals surface area contributed by atoms with Crippen molar-refractivity contribution in [3.05, 3.63) is 24.3 Å². The van der Waals surface area contributed by atoms with Crippen LogP contribution in [0.5, 0.6) is 0 Å². The molecule has 0 aliphatic rings. The summed E-state index contributed by atoms with van der Waals surface area (Å²) in [7, 11) is 0. The van der Waals surface area contributed by atoms with Crippen LogP contribution in [0, 0.1) is 0 Å². The van der Waals surface area contributed by atoms with Gasteiger partial charge in [-0.1, -0.05) is 302 Å². The molecule has 0 bridgehead atoms. The average Bonchev–Trinajstić information content (AvgIpc) is 3.38. The highest BCUT2D eigenvalue weighted by molar-refractivity contribution is 5.71. The molecule has 0 aliphatic heterocycles. The molecule has 1 unspecified atom stereocenters. The molecule has 0 saturated heterocycles. The smallest absolute Gasteiger partial charge is 0.306 e. The lowest BCUT2D eigenvalue weighted by Crippen LogP contribution is -2.30. The van der Waals surface area contributed by atoms with Crippen LogP contribution in [-0.2, 0) is 28.6 Å². The minimum Gasteiger partial charge on any atom is -0.462 e. The Bertz CT molecular complexity index is 1160. The third kappa shape index (κ3) is 58.8. The van der Waals surface area contributed by atoms with Crippen LogP contribution >= 0.6 is 0 Å². The zero-order valence-electron chi connectivity index (χ0n) is 48.7. The van der Waals surface area contributed by atoms with Crippen molar-refractivity contribution in [3.8, 4) is 0 Å². The van der Waals surface area contributed by atoms with E-state index < -0.39 is 6.10 Å². The molecular formula is C66H124O6. The van der Waals surface area contributed by atoms with Gasteiger partial charge in [0.25, 0.3) is 0 Å². The first-order valence-corrected chi connectivity index (χ1v) is 32.3. The number of allylic oxidation sites excluding steroid dienone is 4. The summed E-state index contributed by atoms with van der Waals surface area (Å²) in [5.41, 5.74) is 0. The van der Waals surface area contributed by atoms with Gasteiger partial charge in [0.05, 0.1) is 0 Å². The number of esters is 3. The predicted molar refractivity (Wildman–Crippen MR) is 312 cm³/mol. The summed E-state index contributed by atoms with van der Waals surface area (Å²) in [4.78, 5) is 38.1. The molecule has 0 N–H and O–H groups in total. The fourth-order valence-electron chi connectivity index (χ4n) is 9.80. The molecule has 0 spiro atoms. The Kier molecular flexibility index (Phi) is 59.6. The quantitative estimate of drug-likeness (QED) is 0.0261. The first-order chi connectivity index (χ1) is 35.5. The van der Waals surface area contributed by atoms with Gasteiger partial charge < -0.3 is 14.2 Å². The number of hydrogen-bond acceptors (Lipinski definition) is 6. The fraction of sp³-hybridized carbons (Fsp3) is 0.894. The third-order valence-electron chi connectivity index (χ3n) is 14.7. The Labute approximate surface area is 449 Å². The highest BCUT2D eigenvalue weighted by Crippen LogP contribution is 2.18. The van der Waals surface area contributed by atoms with Gasteiger partial charge in [-0.25, -0.2) is 0 Å². The molecule has 0 aromatic heterocycles. The molecule has 6 nitrogen and oxygen atoms in total. The van der Waals surface area contributed by atoms with Gasteiger partial charge in [0, 0.05) is 19.3 Å². The lowest BCUT2D eigenvalue weighted by atomic mass is 10.0. The second-order valence-electron chi connectivity index (χ2n) is 22.0. The van der Waals surface area contributed by atoms with Gasteiger partial charge >= 0.3 is 17.9 Å². The summed E-state index contributed by atoms with van der Waals surface area (Å²) < 4.78 is 16.9. The Hall–Kier alpha value is -2.11. The summed E-state index contributed by atoms with van der Waals surface area (Å²) >= 11 is 0. The van der Waals surface area contributed by atoms with Crippen LogP contribution in [0.25, 0.3) is 0 Å². The van der Waals surface area contributed by atoms with Crippen molar-refractivity contribution in [1.29, 1.82) is 0 Å². The second-order valence-corrected chi connectivity index (χ2v) is 22.0. The van der Waals surface area contributed by atoms with Crippen LogP contribution in [0.2, 0.25) is 0 Å². The molecule has 0 aromatic rings. The van der Waals surface area contributed by atoms with E-state index >= 15 is 0 Å². The minimum absolute atomic E-state index is 0.0730. The molecule has 0 saturated carbocycles. The molecule has 0 aliphatic carbocycles. The number of unbranched alkanes of at least 4 members (excludes halogenated alkanes) is 45. The maximum absolute atomic E-state index is 12.8. The van der Waals surface area contributed by atoms with Crippen LogP contribution in [-0.4, -0.2) is 37.2 Å². The predicted octanol–water partition coefficient (Wildman–Crippen LogP) is 21.8. The van der Waals surface area contributed by atoms with Crippen LogP contribution in [0.1, 0.15) is 361 Å². The van der Waals surface area contributed by atoms with Gasteiger partial charge in [0.2, 0.25) is 0 Å². The van der Waals surface area contributed by atoms with Crippen LogP contribution in [0.15, 0.2) is 24.3 Å². The second kappa shape index (κ2) is 61.4. The SMILES string of the molecule is CCC/C=C\CCCCCCCC(=O)OCC(COC(=O)CCCCCCCCCCCCCCCCCCCCCCCCCCCCCCCC)OC(=O)CCCCCCC/C=C\CCCCCCC. The first-order valence-electron chi connectivity index (χ1n) is 32.3. The molecule has 6 heteroatoms. The van der Waals surface area contributed by atoms with Crippen molar-refractivity contribution in [2.24, 2.45) is 0 Å². The summed E-state index contributed by atoms with van der Waals surface area (Å²) in [6, 6.07) is 0. The Morgan fingerprint density at radius 3 is 0.750 bits per heavy atom. The monoisotopic (exact) mass is 1010 g/mol. The molecule has 0 amide bonds. The van der Waals surface area contributed by atoms with Crippen molar-refractivity contribution >= 4 is 17.9 Å². The average molecular weight is 1010 g/mol. The molecule has 424 valence electrons. The summed E-state index contributed by atoms with van der Waals surface area (Å²) in [5.74, 6) is -0.873. The molecule has 0 aromatic carbocycles. The van der Waals surface area contributed by atoms with Crippen molar-refractivity contribution in [1.82, 2.24) is 0 Å². The molecule has 0 radical (unpaired) electrons. The van der Waals surface area contributed by atoms with E-state index in [0.29, 0.717) is 19.3 Å². The van der Waals surface area contributed by atoms with Gasteiger partial charge in [-0.05, 0) is 64.2 Å². The van der Waals surface area contributed by atoms with Crippen LogP contribution in [0.4, 0.5) is 0 Å². The van der Waals surface area contributed by atoms with Gasteiger partial charge in [0.15, 0.2) is 6.10 Å². The zero-order chi connectivity index (χ0) is 52.2. The lowest BCUT2D eigenvalue weighted by molar-refractivity contribution is -0.167. The maximum atomic E-state index is 12.8. The first kappa shape index (κ1) is 69.9. The fourth-order valence-corrected chi connectivity index (χ4v) is 9.80. The maximum Gasteiger partial charge on any atom is 0.306 e. The van der Waals surface area contributed by atoms with Gasteiger partial charge in [0.1, 0.15) is 13.2 Å². The molecule has 0 heterocycles. The number of carbonyl (C=O) groups excluding carboxylic acids is 3. The largest absolute Gasteiger partial charge is 0.462 e. The van der Waals surface area contributed by atoms with Gasteiger partial charge in [-0.2, -0.15) is 0 Å². The van der Waals surface area contributed by atoms with E-state index in [0.717, 1.165) is 77.0 Å². The van der Waals surface area contributed by atoms with E-state index in [1.54, 1.807) is 0 Å². The summed E-state index contributed by atoms with van der Waals surface area (Å²) in [6.07, 6.45) is 73.6. The van der Waals surface area contributed by atoms with Crippen LogP contribution in [0.3, 0.4) is 0 Å². The standard InChI is InChI=1S/C66H124O6/c1-4-7-10-13-16-19-22-24-26-27-28-29-30-31-32-33-34-35-36-37-38-39-40-41-43-44-47-50-53-56-59-65(68)71-62-63(61-70-64(67)58-55-52-49-46-21-18-15-12-9-6-3)72-66(69)60-57-54-51-48-45-42-25-23-20-17-14-11-8-5-2/h12,15,23,25,63H,4-11,13-14,16-22,24,26-62H2,1-3H3/b15-12-,25-23-. The van der Waals surface area contributed by atoms with Gasteiger partial charge in [-0.3, -0.25) is 14.4 Å². The molecule has 0 rings (SSSR count). The number of carbonyl (C=O) groups is 3. The number of hydrogen-bond donors (Lipinski definition) is 0. The number of ether oxygens (including phenoxy) is 3. The molecular weight excluding hydrogens is 889 g/mol. The molecule has 72 heavy (non-hydrogen) atoms. The van der Waals surface area contributed by atoms with Crippen molar-refractivity contribution in [3.63, 3.8) is 0 Å². The van der Waals surface area contributed by atoms with E-state index in [1.165, 1.54) is 244 Å². The topological polar surface area (TPSA) is 78.9 Å². The van der Waals surface area contributed by atoms with Crippen molar-refractivity contribution in [2.75, 3.05) is 13.2 Å². The summed E-state index contributed by atoms with van der Waals surface area (Å²) in [6.45, 7) is 6.61. The minimum atomic E-state index is -0.775. The summed E-state index contributed by atoms with van der Waals surface area (Å²) in [5, 5.41) is 0. The lowest BCUT2D eigenvalue weighted by Gasteiger charge is -2.18. The third-order valence-corrected chi connectivity index (χ3v) is 14.7. The van der Waals surface area contributed by atoms with E-state index in [9.17, 15) is 14.4 Å². The van der Waals surface area contributed by atoms with Crippen molar-refractivity contribution in [2.45, 2.75) is 367 Å². The molecule has 0 fully saturated rings. The van der Waals surface area contributed by atoms with Crippen molar-refractivity contribution < 1.29 is 28.6 Å². The van der Waals surface area contributed by atoms with E-state index in [-0.39, 0.29) is 31.1 Å². The molecule has 1 atom stereocenters.